The van der Waals surface area contributed by atoms with Crippen molar-refractivity contribution in [2.75, 3.05) is 11.6 Å². The number of nitrogens with zero attached hydrogens (tertiary/aromatic N) is 2. The smallest absolute Gasteiger partial charge is 0.387 e. The predicted molar refractivity (Wildman–Crippen MR) is 72.9 cm³/mol. The van der Waals surface area contributed by atoms with E-state index in [1.165, 1.54) is 16.8 Å². The molecule has 108 valence electrons. The summed E-state index contributed by atoms with van der Waals surface area (Å²) in [4.78, 5) is 4.39. The summed E-state index contributed by atoms with van der Waals surface area (Å²) in [5.74, 6) is 7.04. The Morgan fingerprint density at radius 1 is 1.20 bits per heavy atom. The Kier molecular flexibility index (Phi) is 3.78. The Hall–Kier alpha value is -2.31. The van der Waals surface area contributed by atoms with E-state index < -0.39 is 6.61 Å². The minimum absolute atomic E-state index is 0.0820. The number of hydrogen-bond donors (Lipinski definition) is 2. The van der Waals surface area contributed by atoms with Crippen molar-refractivity contribution in [2.24, 2.45) is 0 Å². The van der Waals surface area contributed by atoms with Crippen molar-refractivity contribution in [3.63, 3.8) is 0 Å². The number of nitrogens with two attached hydrogens (primary N) is 2. The topological polar surface area (TPSA) is 79.1 Å². The summed E-state index contributed by atoms with van der Waals surface area (Å²) in [6, 6.07) is 6.10. The quantitative estimate of drug-likeness (QED) is 0.845. The van der Waals surface area contributed by atoms with Crippen LogP contribution < -0.4 is 16.3 Å². The minimum Gasteiger partial charge on any atom is -0.435 e. The van der Waals surface area contributed by atoms with Gasteiger partial charge in [-0.15, -0.1) is 0 Å². The SMILES string of the molecule is CC(C)c1nc(-c2ccc(OC(F)F)cc2)c(N)n1N. The summed E-state index contributed by atoms with van der Waals surface area (Å²) < 4.78 is 29.8. The number of anilines is 1. The molecule has 0 aliphatic carbocycles. The zero-order chi connectivity index (χ0) is 14.9. The number of alkyl halides is 2. The largest absolute Gasteiger partial charge is 0.435 e. The molecular formula is C13H16F2N4O. The van der Waals surface area contributed by atoms with Crippen LogP contribution >= 0.6 is 0 Å². The predicted octanol–water partition coefficient (Wildman–Crippen LogP) is 2.57. The summed E-state index contributed by atoms with van der Waals surface area (Å²) >= 11 is 0. The molecule has 0 atom stereocenters. The van der Waals surface area contributed by atoms with E-state index in [9.17, 15) is 8.78 Å². The molecule has 1 heterocycles. The molecule has 1 aromatic carbocycles. The van der Waals surface area contributed by atoms with Gasteiger partial charge < -0.3 is 16.3 Å². The van der Waals surface area contributed by atoms with Gasteiger partial charge in [-0.1, -0.05) is 13.8 Å². The molecule has 0 aliphatic rings. The average molecular weight is 282 g/mol. The van der Waals surface area contributed by atoms with Gasteiger partial charge in [0.1, 0.15) is 17.3 Å². The number of ether oxygens (including phenoxy) is 1. The molecule has 0 saturated carbocycles. The fourth-order valence-corrected chi connectivity index (χ4v) is 1.88. The van der Waals surface area contributed by atoms with Crippen LogP contribution in [0.3, 0.4) is 0 Å². The van der Waals surface area contributed by atoms with Gasteiger partial charge in [-0.25, -0.2) is 9.66 Å². The van der Waals surface area contributed by atoms with Crippen LogP contribution in [0.25, 0.3) is 11.3 Å². The lowest BCUT2D eigenvalue weighted by Crippen LogP contribution is -2.16. The summed E-state index contributed by atoms with van der Waals surface area (Å²) in [5, 5.41) is 0. The first kappa shape index (κ1) is 14.1. The highest BCUT2D eigenvalue weighted by Crippen LogP contribution is 2.29. The van der Waals surface area contributed by atoms with Crippen LogP contribution in [-0.4, -0.2) is 16.3 Å². The van der Waals surface area contributed by atoms with Crippen molar-refractivity contribution in [3.05, 3.63) is 30.1 Å². The number of nitrogen functional groups attached to an aromatic ring is 2. The van der Waals surface area contributed by atoms with Gasteiger partial charge >= 0.3 is 6.61 Å². The molecule has 4 N–H and O–H groups in total. The van der Waals surface area contributed by atoms with Gasteiger partial charge in [0.2, 0.25) is 0 Å². The van der Waals surface area contributed by atoms with E-state index >= 15 is 0 Å². The lowest BCUT2D eigenvalue weighted by atomic mass is 10.1. The normalized spacial score (nSPS) is 11.3. The van der Waals surface area contributed by atoms with Gasteiger partial charge in [0.15, 0.2) is 5.82 Å². The Balaban J connectivity index is 2.34. The van der Waals surface area contributed by atoms with E-state index in [1.807, 2.05) is 13.8 Å². The molecule has 0 spiro atoms. The first-order chi connectivity index (χ1) is 9.40. The maximum absolute atomic E-state index is 12.1. The van der Waals surface area contributed by atoms with Crippen LogP contribution in [0.1, 0.15) is 25.6 Å². The zero-order valence-electron chi connectivity index (χ0n) is 11.2. The van der Waals surface area contributed by atoms with Crippen molar-refractivity contribution in [1.82, 2.24) is 9.66 Å². The number of aromatic nitrogens is 2. The molecule has 5 nitrogen and oxygen atoms in total. The standard InChI is InChI=1S/C13H16F2N4O/c1-7(2)12-18-10(11(16)19(12)17)8-3-5-9(6-4-8)20-13(14)15/h3-7,13H,16-17H2,1-2H3. The van der Waals surface area contributed by atoms with Crippen molar-refractivity contribution < 1.29 is 13.5 Å². The number of rotatable bonds is 4. The molecule has 20 heavy (non-hydrogen) atoms. The van der Waals surface area contributed by atoms with Gasteiger partial charge in [-0.3, -0.25) is 0 Å². The fraction of sp³-hybridized carbons (Fsp3) is 0.308. The summed E-state index contributed by atoms with van der Waals surface area (Å²) in [6.45, 7) is 1.06. The van der Waals surface area contributed by atoms with Crippen molar-refractivity contribution >= 4 is 5.82 Å². The number of imidazole rings is 1. The van der Waals surface area contributed by atoms with Crippen LogP contribution in [-0.2, 0) is 0 Å². The number of hydrogen-bond acceptors (Lipinski definition) is 4. The van der Waals surface area contributed by atoms with Crippen LogP contribution in [0.2, 0.25) is 0 Å². The van der Waals surface area contributed by atoms with Crippen molar-refractivity contribution in [3.8, 4) is 17.0 Å². The molecule has 0 amide bonds. The van der Waals surface area contributed by atoms with E-state index in [1.54, 1.807) is 12.1 Å². The lowest BCUT2D eigenvalue weighted by molar-refractivity contribution is -0.0498. The van der Waals surface area contributed by atoms with Crippen molar-refractivity contribution in [1.29, 1.82) is 0 Å². The van der Waals surface area contributed by atoms with E-state index in [4.69, 9.17) is 11.6 Å². The van der Waals surface area contributed by atoms with Gasteiger partial charge in [0, 0.05) is 11.5 Å². The van der Waals surface area contributed by atoms with Gasteiger partial charge in [-0.2, -0.15) is 8.78 Å². The monoisotopic (exact) mass is 282 g/mol. The second-order valence-electron chi connectivity index (χ2n) is 4.63. The molecular weight excluding hydrogens is 266 g/mol. The number of benzene rings is 1. The second-order valence-corrected chi connectivity index (χ2v) is 4.63. The Labute approximate surface area is 115 Å². The third-order valence-corrected chi connectivity index (χ3v) is 2.84. The van der Waals surface area contributed by atoms with E-state index in [2.05, 4.69) is 9.72 Å². The van der Waals surface area contributed by atoms with E-state index in [0.29, 0.717) is 22.9 Å². The Bertz CT molecular complexity index is 593. The summed E-state index contributed by atoms with van der Waals surface area (Å²) in [6.07, 6.45) is 0. The lowest BCUT2D eigenvalue weighted by Gasteiger charge is -2.05. The molecule has 2 aromatic rings. The van der Waals surface area contributed by atoms with Crippen LogP contribution in [0, 0.1) is 0 Å². The second kappa shape index (κ2) is 5.36. The molecule has 1 aromatic heterocycles. The molecule has 0 fully saturated rings. The van der Waals surface area contributed by atoms with Gasteiger partial charge in [0.05, 0.1) is 0 Å². The first-order valence-electron chi connectivity index (χ1n) is 6.08. The minimum atomic E-state index is -2.85. The fourth-order valence-electron chi connectivity index (χ4n) is 1.88. The average Bonchev–Trinajstić information content (AvgIpc) is 2.67. The highest BCUT2D eigenvalue weighted by atomic mass is 19.3. The molecule has 0 aliphatic heterocycles. The molecule has 0 unspecified atom stereocenters. The third-order valence-electron chi connectivity index (χ3n) is 2.84. The van der Waals surface area contributed by atoms with E-state index in [0.717, 1.165) is 0 Å². The Morgan fingerprint density at radius 2 is 1.80 bits per heavy atom. The maximum atomic E-state index is 12.1. The van der Waals surface area contributed by atoms with Crippen LogP contribution in [0.5, 0.6) is 5.75 Å². The summed E-state index contributed by atoms with van der Waals surface area (Å²) in [5.41, 5.74) is 7.13. The maximum Gasteiger partial charge on any atom is 0.387 e. The highest BCUT2D eigenvalue weighted by Gasteiger charge is 2.16. The van der Waals surface area contributed by atoms with Gasteiger partial charge in [-0.05, 0) is 24.3 Å². The highest BCUT2D eigenvalue weighted by molar-refractivity contribution is 5.71. The molecule has 0 bridgehead atoms. The van der Waals surface area contributed by atoms with Gasteiger partial charge in [0.25, 0.3) is 0 Å². The number of halogens is 2. The third kappa shape index (κ3) is 2.66. The van der Waals surface area contributed by atoms with Crippen LogP contribution in [0.4, 0.5) is 14.6 Å². The van der Waals surface area contributed by atoms with E-state index in [-0.39, 0.29) is 11.7 Å². The van der Waals surface area contributed by atoms with Crippen LogP contribution in [0.15, 0.2) is 24.3 Å². The molecule has 0 radical (unpaired) electrons. The summed E-state index contributed by atoms with van der Waals surface area (Å²) in [7, 11) is 0. The first-order valence-corrected chi connectivity index (χ1v) is 6.08. The zero-order valence-corrected chi connectivity index (χ0v) is 11.2. The van der Waals surface area contributed by atoms with Crippen molar-refractivity contribution in [2.45, 2.75) is 26.4 Å². The molecule has 2 rings (SSSR count). The molecule has 7 heteroatoms. The Morgan fingerprint density at radius 3 is 2.25 bits per heavy atom. The molecule has 0 saturated heterocycles.